The lowest BCUT2D eigenvalue weighted by Crippen LogP contribution is -2.01. The fourth-order valence-corrected chi connectivity index (χ4v) is 2.32. The van der Waals surface area contributed by atoms with Gasteiger partial charge in [-0.3, -0.25) is 0 Å². The normalized spacial score (nSPS) is 10.7. The summed E-state index contributed by atoms with van der Waals surface area (Å²) in [4.78, 5) is 0. The van der Waals surface area contributed by atoms with Crippen LogP contribution in [0.15, 0.2) is 60.7 Å². The van der Waals surface area contributed by atoms with Crippen LogP contribution < -0.4 is 10.4 Å². The van der Waals surface area contributed by atoms with Crippen LogP contribution in [0.1, 0.15) is 0 Å². The lowest BCUT2D eigenvalue weighted by atomic mass is 10.0. The highest BCUT2D eigenvalue weighted by Crippen LogP contribution is 2.16. The Hall–Kier alpha value is -2.34. The third-order valence-electron chi connectivity index (χ3n) is 3.28. The molecule has 0 aliphatic carbocycles. The van der Waals surface area contributed by atoms with Crippen LogP contribution in [0.3, 0.4) is 0 Å². The molecule has 0 radical (unpaired) electrons. The smallest absolute Gasteiger partial charge is 0.00388 e. The molecule has 0 spiro atoms. The van der Waals surface area contributed by atoms with Gasteiger partial charge in [-0.05, 0) is 32.0 Å². The molecule has 18 heavy (non-hydrogen) atoms. The SMILES string of the molecule is C=c1cccc2ccc3cccc(cc1)c3c2=C. The van der Waals surface area contributed by atoms with Crippen molar-refractivity contribution in [3.05, 3.63) is 71.1 Å². The minimum Gasteiger partial charge on any atom is -0.0918 e. The van der Waals surface area contributed by atoms with E-state index in [1.54, 1.807) is 0 Å². The van der Waals surface area contributed by atoms with Crippen LogP contribution in [0.2, 0.25) is 0 Å². The Morgan fingerprint density at radius 3 is 1.89 bits per heavy atom. The van der Waals surface area contributed by atoms with E-state index in [0.717, 1.165) is 15.8 Å². The second-order valence-electron chi connectivity index (χ2n) is 4.51. The van der Waals surface area contributed by atoms with Crippen LogP contribution in [-0.4, -0.2) is 0 Å². The van der Waals surface area contributed by atoms with Crippen molar-refractivity contribution in [3.8, 4) is 0 Å². The topological polar surface area (TPSA) is 0 Å². The van der Waals surface area contributed by atoms with Crippen molar-refractivity contribution in [2.75, 3.05) is 0 Å². The van der Waals surface area contributed by atoms with Crippen molar-refractivity contribution >= 4 is 34.7 Å². The van der Waals surface area contributed by atoms with Crippen LogP contribution in [0.25, 0.3) is 34.7 Å². The first kappa shape index (κ1) is 10.8. The monoisotopic (exact) mass is 230 g/mol. The molecule has 0 heteroatoms. The second kappa shape index (κ2) is 4.15. The van der Waals surface area contributed by atoms with E-state index in [1.807, 2.05) is 18.2 Å². The van der Waals surface area contributed by atoms with Gasteiger partial charge in [-0.1, -0.05) is 73.8 Å². The molecule has 0 fully saturated rings. The zero-order valence-corrected chi connectivity index (χ0v) is 10.2. The summed E-state index contributed by atoms with van der Waals surface area (Å²) in [6.45, 7) is 8.23. The van der Waals surface area contributed by atoms with E-state index in [2.05, 4.69) is 55.6 Å². The number of rotatable bonds is 0. The Kier molecular flexibility index (Phi) is 2.49. The second-order valence-corrected chi connectivity index (χ2v) is 4.51. The predicted octanol–water partition coefficient (Wildman–Crippen LogP) is 3.38. The van der Waals surface area contributed by atoms with E-state index in [4.69, 9.17) is 0 Å². The minimum atomic E-state index is 0.999. The van der Waals surface area contributed by atoms with E-state index < -0.39 is 0 Å². The van der Waals surface area contributed by atoms with Crippen molar-refractivity contribution < 1.29 is 0 Å². The minimum absolute atomic E-state index is 0.999. The summed E-state index contributed by atoms with van der Waals surface area (Å²) in [5, 5.41) is 6.91. The molecule has 0 heterocycles. The molecule has 86 valence electrons. The van der Waals surface area contributed by atoms with Gasteiger partial charge in [0.15, 0.2) is 0 Å². The number of hydrogen-bond donors (Lipinski definition) is 0. The maximum atomic E-state index is 4.23. The molecule has 0 nitrogen and oxygen atoms in total. The van der Waals surface area contributed by atoms with Crippen molar-refractivity contribution in [2.24, 2.45) is 0 Å². The van der Waals surface area contributed by atoms with Gasteiger partial charge < -0.3 is 0 Å². The van der Waals surface area contributed by atoms with Crippen LogP contribution >= 0.6 is 0 Å². The van der Waals surface area contributed by atoms with Crippen LogP contribution in [-0.2, 0) is 0 Å². The molecule has 0 atom stereocenters. The van der Waals surface area contributed by atoms with E-state index in [9.17, 15) is 0 Å². The number of benzene rings is 2. The molecule has 3 aromatic carbocycles. The largest absolute Gasteiger partial charge is 0.0918 e. The molecule has 0 aromatic heterocycles. The Balaban J connectivity index is 2.70. The van der Waals surface area contributed by atoms with Gasteiger partial charge >= 0.3 is 0 Å². The summed E-state index contributed by atoms with van der Waals surface area (Å²) in [6.07, 6.45) is 0. The molecule has 0 saturated heterocycles. The molecular formula is C18H14. The molecule has 0 amide bonds. The summed E-state index contributed by atoms with van der Waals surface area (Å²) in [5.41, 5.74) is 0. The van der Waals surface area contributed by atoms with Gasteiger partial charge in [-0.2, -0.15) is 0 Å². The van der Waals surface area contributed by atoms with Gasteiger partial charge in [0, 0.05) is 0 Å². The Morgan fingerprint density at radius 2 is 1.11 bits per heavy atom. The fourth-order valence-electron chi connectivity index (χ4n) is 2.32. The van der Waals surface area contributed by atoms with Gasteiger partial charge in [0.25, 0.3) is 0 Å². The molecule has 3 aromatic rings. The quantitative estimate of drug-likeness (QED) is 0.555. The zero-order valence-electron chi connectivity index (χ0n) is 10.2. The van der Waals surface area contributed by atoms with Crippen LogP contribution in [0.5, 0.6) is 0 Å². The standard InChI is InChI=1S/C18H14/c1-13-5-3-6-15-11-12-17-8-4-7-16(10-9-13)18(17)14(15)2/h3-12H,1-2H2. The highest BCUT2D eigenvalue weighted by atomic mass is 14.0. The summed E-state index contributed by atoms with van der Waals surface area (Å²) >= 11 is 0. The molecule has 0 aliphatic rings. The third kappa shape index (κ3) is 1.72. The van der Waals surface area contributed by atoms with Gasteiger partial charge in [-0.15, -0.1) is 0 Å². The molecule has 3 rings (SSSR count). The van der Waals surface area contributed by atoms with Crippen molar-refractivity contribution in [1.29, 1.82) is 0 Å². The molecule has 0 N–H and O–H groups in total. The zero-order chi connectivity index (χ0) is 12.5. The molecule has 0 aliphatic heterocycles. The van der Waals surface area contributed by atoms with Crippen LogP contribution in [0.4, 0.5) is 0 Å². The van der Waals surface area contributed by atoms with Crippen LogP contribution in [0, 0.1) is 0 Å². The van der Waals surface area contributed by atoms with Gasteiger partial charge in [0.05, 0.1) is 0 Å². The Bertz CT molecular complexity index is 858. The average molecular weight is 230 g/mol. The highest BCUT2D eigenvalue weighted by molar-refractivity contribution is 6.00. The lowest BCUT2D eigenvalue weighted by Gasteiger charge is -2.02. The third-order valence-corrected chi connectivity index (χ3v) is 3.28. The summed E-state index contributed by atoms with van der Waals surface area (Å²) in [5.74, 6) is 0. The molecule has 0 saturated carbocycles. The molecule has 0 unspecified atom stereocenters. The van der Waals surface area contributed by atoms with E-state index in [0.29, 0.717) is 0 Å². The lowest BCUT2D eigenvalue weighted by molar-refractivity contribution is 1.67. The summed E-state index contributed by atoms with van der Waals surface area (Å²) < 4.78 is 0. The predicted molar refractivity (Wildman–Crippen MR) is 80.6 cm³/mol. The number of hydrogen-bond acceptors (Lipinski definition) is 0. The Morgan fingerprint density at radius 1 is 0.556 bits per heavy atom. The fraction of sp³-hybridized carbons (Fsp3) is 0. The van der Waals surface area contributed by atoms with Gasteiger partial charge in [-0.25, -0.2) is 0 Å². The van der Waals surface area contributed by atoms with Crippen molar-refractivity contribution in [3.63, 3.8) is 0 Å². The average Bonchev–Trinajstić information content (AvgIpc) is 2.38. The highest BCUT2D eigenvalue weighted by Gasteiger charge is 1.97. The molecular weight excluding hydrogens is 216 g/mol. The van der Waals surface area contributed by atoms with Crippen molar-refractivity contribution in [1.82, 2.24) is 0 Å². The van der Waals surface area contributed by atoms with E-state index >= 15 is 0 Å². The van der Waals surface area contributed by atoms with Crippen molar-refractivity contribution in [2.45, 2.75) is 0 Å². The first-order chi connectivity index (χ1) is 8.75. The maximum Gasteiger partial charge on any atom is -0.00388 e. The summed E-state index contributed by atoms with van der Waals surface area (Å²) in [6, 6.07) is 20.9. The van der Waals surface area contributed by atoms with E-state index in [-0.39, 0.29) is 0 Å². The van der Waals surface area contributed by atoms with E-state index in [1.165, 1.54) is 16.2 Å². The maximum absolute atomic E-state index is 4.23. The first-order valence-corrected chi connectivity index (χ1v) is 6.02. The molecule has 2 bridgehead atoms. The van der Waals surface area contributed by atoms with Gasteiger partial charge in [0.2, 0.25) is 0 Å². The first-order valence-electron chi connectivity index (χ1n) is 6.02. The van der Waals surface area contributed by atoms with Gasteiger partial charge in [0.1, 0.15) is 0 Å². The number of fused-ring (bicyclic) bond motifs is 1. The summed E-state index contributed by atoms with van der Waals surface area (Å²) in [7, 11) is 0. The Labute approximate surface area is 106 Å².